The summed E-state index contributed by atoms with van der Waals surface area (Å²) in [6.07, 6.45) is 2.82. The molecule has 0 atom stereocenters. The summed E-state index contributed by atoms with van der Waals surface area (Å²) >= 11 is 5.90. The van der Waals surface area contributed by atoms with Crippen molar-refractivity contribution in [3.05, 3.63) is 29.0 Å². The van der Waals surface area contributed by atoms with Crippen molar-refractivity contribution < 1.29 is 14.7 Å². The van der Waals surface area contributed by atoms with Gasteiger partial charge in [0, 0.05) is 18.9 Å². The minimum atomic E-state index is -1.05. The van der Waals surface area contributed by atoms with Crippen LogP contribution in [0.3, 0.4) is 0 Å². The van der Waals surface area contributed by atoms with Gasteiger partial charge in [-0.1, -0.05) is 25.4 Å². The monoisotopic (exact) mass is 270 g/mol. The molecule has 1 aromatic rings. The lowest BCUT2D eigenvalue weighted by molar-refractivity contribution is -0.137. The summed E-state index contributed by atoms with van der Waals surface area (Å²) < 4.78 is 0. The Balaban J connectivity index is 2.95. The first-order chi connectivity index (χ1) is 8.41. The Morgan fingerprint density at radius 1 is 1.50 bits per heavy atom. The molecule has 0 spiro atoms. The van der Waals surface area contributed by atoms with Crippen LogP contribution in [0, 0.1) is 5.92 Å². The molecule has 0 unspecified atom stereocenters. The van der Waals surface area contributed by atoms with E-state index in [1.165, 1.54) is 23.4 Å². The van der Waals surface area contributed by atoms with Crippen LogP contribution < -0.4 is 0 Å². The maximum atomic E-state index is 12.2. The van der Waals surface area contributed by atoms with Gasteiger partial charge in [-0.2, -0.15) is 0 Å². The third-order valence-corrected chi connectivity index (χ3v) is 2.53. The van der Waals surface area contributed by atoms with Crippen molar-refractivity contribution in [2.75, 3.05) is 13.1 Å². The molecule has 6 heteroatoms. The average molecular weight is 271 g/mol. The second-order valence-corrected chi connectivity index (χ2v) is 4.74. The van der Waals surface area contributed by atoms with E-state index in [1.54, 1.807) is 0 Å². The van der Waals surface area contributed by atoms with Crippen molar-refractivity contribution >= 4 is 23.5 Å². The van der Waals surface area contributed by atoms with Crippen LogP contribution in [-0.4, -0.2) is 40.0 Å². The highest BCUT2D eigenvalue weighted by molar-refractivity contribution is 6.33. The molecule has 0 aromatic carbocycles. The zero-order valence-electron chi connectivity index (χ0n) is 10.3. The quantitative estimate of drug-likeness (QED) is 0.887. The van der Waals surface area contributed by atoms with Gasteiger partial charge < -0.3 is 10.0 Å². The van der Waals surface area contributed by atoms with E-state index in [0.717, 1.165) is 0 Å². The third kappa shape index (κ3) is 4.00. The molecule has 1 heterocycles. The Bertz CT molecular complexity index is 449. The van der Waals surface area contributed by atoms with Gasteiger partial charge in [0.15, 0.2) is 0 Å². The van der Waals surface area contributed by atoms with E-state index >= 15 is 0 Å². The van der Waals surface area contributed by atoms with E-state index in [4.69, 9.17) is 16.7 Å². The SMILES string of the molecule is CC(C)CN(CC(=O)O)C(=O)c1cnccc1Cl. The molecule has 1 rings (SSSR count). The lowest BCUT2D eigenvalue weighted by atomic mass is 10.1. The van der Waals surface area contributed by atoms with Crippen LogP contribution in [0.1, 0.15) is 24.2 Å². The fourth-order valence-corrected chi connectivity index (χ4v) is 1.71. The molecule has 18 heavy (non-hydrogen) atoms. The highest BCUT2D eigenvalue weighted by Gasteiger charge is 2.21. The standard InChI is InChI=1S/C12H15ClN2O3/c1-8(2)6-15(7-11(16)17)12(18)9-5-14-4-3-10(9)13/h3-5,8H,6-7H2,1-2H3,(H,16,17). The van der Waals surface area contributed by atoms with E-state index in [0.29, 0.717) is 6.54 Å². The summed E-state index contributed by atoms with van der Waals surface area (Å²) in [6, 6.07) is 1.50. The number of halogens is 1. The first-order valence-corrected chi connectivity index (χ1v) is 5.90. The Morgan fingerprint density at radius 2 is 2.17 bits per heavy atom. The number of amides is 1. The Kier molecular flexibility index (Phi) is 5.09. The predicted octanol–water partition coefficient (Wildman–Crippen LogP) is 1.92. The zero-order valence-corrected chi connectivity index (χ0v) is 11.0. The molecule has 5 nitrogen and oxygen atoms in total. The zero-order chi connectivity index (χ0) is 13.7. The van der Waals surface area contributed by atoms with E-state index in [1.807, 2.05) is 13.8 Å². The minimum absolute atomic E-state index is 0.170. The van der Waals surface area contributed by atoms with Gasteiger partial charge in [0.2, 0.25) is 0 Å². The van der Waals surface area contributed by atoms with Crippen molar-refractivity contribution in [1.29, 1.82) is 0 Å². The van der Waals surface area contributed by atoms with Gasteiger partial charge in [-0.25, -0.2) is 0 Å². The van der Waals surface area contributed by atoms with Crippen LogP contribution in [0.25, 0.3) is 0 Å². The van der Waals surface area contributed by atoms with Crippen molar-refractivity contribution in [2.24, 2.45) is 5.92 Å². The third-order valence-electron chi connectivity index (χ3n) is 2.20. The number of rotatable bonds is 5. The number of carbonyl (C=O) groups excluding carboxylic acids is 1. The lowest BCUT2D eigenvalue weighted by Crippen LogP contribution is -2.38. The molecule has 0 saturated carbocycles. The number of pyridine rings is 1. The molecule has 0 aliphatic carbocycles. The minimum Gasteiger partial charge on any atom is -0.480 e. The Morgan fingerprint density at radius 3 is 2.67 bits per heavy atom. The first kappa shape index (κ1) is 14.4. The van der Waals surface area contributed by atoms with Gasteiger partial charge in [-0.15, -0.1) is 0 Å². The van der Waals surface area contributed by atoms with Gasteiger partial charge in [-0.05, 0) is 12.0 Å². The number of hydrogen-bond acceptors (Lipinski definition) is 3. The van der Waals surface area contributed by atoms with Crippen molar-refractivity contribution in [3.8, 4) is 0 Å². The number of nitrogens with zero attached hydrogens (tertiary/aromatic N) is 2. The Labute approximate surface area is 110 Å². The number of carboxylic acids is 1. The van der Waals surface area contributed by atoms with Crippen LogP contribution in [0.2, 0.25) is 5.02 Å². The van der Waals surface area contributed by atoms with Crippen molar-refractivity contribution in [2.45, 2.75) is 13.8 Å². The first-order valence-electron chi connectivity index (χ1n) is 5.52. The number of carbonyl (C=O) groups is 2. The molecule has 98 valence electrons. The molecule has 0 bridgehead atoms. The maximum Gasteiger partial charge on any atom is 0.323 e. The number of aliphatic carboxylic acids is 1. The van der Waals surface area contributed by atoms with Crippen LogP contribution >= 0.6 is 11.6 Å². The summed E-state index contributed by atoms with van der Waals surface area (Å²) in [5.74, 6) is -1.29. The van der Waals surface area contributed by atoms with Gasteiger partial charge in [-0.3, -0.25) is 14.6 Å². The van der Waals surface area contributed by atoms with Crippen LogP contribution in [-0.2, 0) is 4.79 Å². The molecular weight excluding hydrogens is 256 g/mol. The highest BCUT2D eigenvalue weighted by atomic mass is 35.5. The number of aromatic nitrogens is 1. The van der Waals surface area contributed by atoms with Crippen LogP contribution in [0.5, 0.6) is 0 Å². The summed E-state index contributed by atoms with van der Waals surface area (Å²) in [5.41, 5.74) is 0.223. The topological polar surface area (TPSA) is 70.5 Å². The van der Waals surface area contributed by atoms with Crippen LogP contribution in [0.4, 0.5) is 0 Å². The normalized spacial score (nSPS) is 10.4. The molecule has 0 radical (unpaired) electrons. The summed E-state index contributed by atoms with van der Waals surface area (Å²) in [5, 5.41) is 9.09. The van der Waals surface area contributed by atoms with E-state index in [9.17, 15) is 9.59 Å². The van der Waals surface area contributed by atoms with Gasteiger partial charge in [0.25, 0.3) is 5.91 Å². The molecule has 1 amide bonds. The molecule has 0 aliphatic rings. The summed E-state index contributed by atoms with van der Waals surface area (Å²) in [7, 11) is 0. The molecule has 0 aliphatic heterocycles. The van der Waals surface area contributed by atoms with Crippen molar-refractivity contribution in [3.63, 3.8) is 0 Å². The molecule has 1 N–H and O–H groups in total. The van der Waals surface area contributed by atoms with E-state index < -0.39 is 11.9 Å². The second kappa shape index (κ2) is 6.35. The molecule has 0 fully saturated rings. The van der Waals surface area contributed by atoms with E-state index in [-0.39, 0.29) is 23.0 Å². The smallest absolute Gasteiger partial charge is 0.323 e. The average Bonchev–Trinajstić information content (AvgIpc) is 2.26. The van der Waals surface area contributed by atoms with Gasteiger partial charge in [0.05, 0.1) is 10.6 Å². The van der Waals surface area contributed by atoms with E-state index in [2.05, 4.69) is 4.98 Å². The van der Waals surface area contributed by atoms with Crippen LogP contribution in [0.15, 0.2) is 18.5 Å². The van der Waals surface area contributed by atoms with Crippen molar-refractivity contribution in [1.82, 2.24) is 9.88 Å². The molecule has 0 saturated heterocycles. The fourth-order valence-electron chi connectivity index (χ4n) is 1.53. The number of hydrogen-bond donors (Lipinski definition) is 1. The fraction of sp³-hybridized carbons (Fsp3) is 0.417. The van der Waals surface area contributed by atoms with Gasteiger partial charge in [0.1, 0.15) is 6.54 Å². The highest BCUT2D eigenvalue weighted by Crippen LogP contribution is 2.16. The predicted molar refractivity (Wildman–Crippen MR) is 67.6 cm³/mol. The lowest BCUT2D eigenvalue weighted by Gasteiger charge is -2.22. The summed E-state index contributed by atoms with van der Waals surface area (Å²) in [4.78, 5) is 28.0. The second-order valence-electron chi connectivity index (χ2n) is 4.33. The largest absolute Gasteiger partial charge is 0.480 e. The molecular formula is C12H15ClN2O3. The maximum absolute atomic E-state index is 12.2. The van der Waals surface area contributed by atoms with Gasteiger partial charge >= 0.3 is 5.97 Å². The molecule has 1 aromatic heterocycles. The Hall–Kier alpha value is -1.62. The summed E-state index contributed by atoms with van der Waals surface area (Å²) in [6.45, 7) is 3.83. The number of carboxylic acid groups (broad SMARTS) is 1.